The Bertz CT molecular complexity index is 3120. The average Bonchev–Trinajstić information content (AvgIpc) is 3.13. The summed E-state index contributed by atoms with van der Waals surface area (Å²) in [4.78, 5) is 22.0. The van der Waals surface area contributed by atoms with Crippen LogP contribution < -0.4 is 10.6 Å². The van der Waals surface area contributed by atoms with Crippen molar-refractivity contribution in [3.8, 4) is 11.5 Å². The molecule has 23 heteroatoms. The molecule has 6 rings (SSSR count). The third kappa shape index (κ3) is 8.73. The number of hydrogen-bond donors (Lipinski definition) is 8. The highest BCUT2D eigenvalue weighted by atomic mass is 32.2. The van der Waals surface area contributed by atoms with E-state index in [-0.39, 0.29) is 55.4 Å². The topological polar surface area (TPSA) is 331 Å². The molecule has 0 aliphatic carbocycles. The van der Waals surface area contributed by atoms with E-state index in [0.717, 1.165) is 24.3 Å². The normalized spacial score (nSPS) is 12.4. The Balaban J connectivity index is 1.26. The van der Waals surface area contributed by atoms with Gasteiger partial charge in [-0.15, -0.1) is 10.2 Å². The van der Waals surface area contributed by atoms with Crippen LogP contribution in [0.1, 0.15) is 15.9 Å². The van der Waals surface area contributed by atoms with E-state index < -0.39 is 79.9 Å². The number of carboxylic acid groups (broad SMARTS) is 1. The van der Waals surface area contributed by atoms with Gasteiger partial charge in [-0.2, -0.15) is 35.5 Å². The molecule has 0 bridgehead atoms. The number of aromatic hydroxyl groups is 2. The van der Waals surface area contributed by atoms with Gasteiger partial charge in [0.1, 0.15) is 21.2 Å². The van der Waals surface area contributed by atoms with Crippen LogP contribution in [0.15, 0.2) is 126 Å². The summed E-state index contributed by atoms with van der Waals surface area (Å²) in [7, 11) is -14.6. The SMILES string of the molecule is Cc1cc(S(=O)(=O)O)ccc1N=Nc1c(S(=O)(=O)O)cc2cc(NC(=O)Nc3ccc4c(O)c(N=Nc5ccc(C(=O)O)cc5)c(S(=O)(=O)O)cc4c3)ccc2c1O. The first-order valence-electron chi connectivity index (χ1n) is 16.0. The van der Waals surface area contributed by atoms with E-state index >= 15 is 0 Å². The highest BCUT2D eigenvalue weighted by molar-refractivity contribution is 7.86. The van der Waals surface area contributed by atoms with Crippen LogP contribution in [0.4, 0.5) is 38.9 Å². The van der Waals surface area contributed by atoms with Crippen molar-refractivity contribution in [2.24, 2.45) is 20.5 Å². The van der Waals surface area contributed by atoms with Crippen molar-refractivity contribution in [1.82, 2.24) is 0 Å². The first-order valence-corrected chi connectivity index (χ1v) is 20.3. The molecule has 0 radical (unpaired) electrons. The molecule has 0 atom stereocenters. The predicted molar refractivity (Wildman–Crippen MR) is 206 cm³/mol. The molecule has 0 unspecified atom stereocenters. The van der Waals surface area contributed by atoms with E-state index in [0.29, 0.717) is 0 Å². The van der Waals surface area contributed by atoms with Crippen molar-refractivity contribution in [3.63, 3.8) is 0 Å². The molecule has 0 aliphatic rings. The number of hydrogen-bond acceptors (Lipinski definition) is 14. The first-order chi connectivity index (χ1) is 27.1. The molecule has 0 aliphatic heterocycles. The number of amides is 2. The summed E-state index contributed by atoms with van der Waals surface area (Å²) >= 11 is 0. The Kier molecular flexibility index (Phi) is 10.7. The molecule has 6 aromatic carbocycles. The first kappa shape index (κ1) is 40.8. The number of azo groups is 2. The molecular weight excluding hydrogens is 825 g/mol. The number of nitrogens with one attached hydrogen (secondary N) is 2. The van der Waals surface area contributed by atoms with E-state index in [1.54, 1.807) is 0 Å². The molecule has 0 saturated carbocycles. The van der Waals surface area contributed by atoms with Gasteiger partial charge in [-0.05, 0) is 114 Å². The van der Waals surface area contributed by atoms with Crippen molar-refractivity contribution in [2.75, 3.05) is 10.6 Å². The van der Waals surface area contributed by atoms with E-state index in [4.69, 9.17) is 5.11 Å². The van der Waals surface area contributed by atoms with Gasteiger partial charge in [-0.25, -0.2) is 9.59 Å². The van der Waals surface area contributed by atoms with Crippen LogP contribution in [-0.4, -0.2) is 66.2 Å². The zero-order valence-corrected chi connectivity index (χ0v) is 31.6. The monoisotopic (exact) mass is 850 g/mol. The van der Waals surface area contributed by atoms with Gasteiger partial charge >= 0.3 is 12.0 Å². The lowest BCUT2D eigenvalue weighted by Crippen LogP contribution is -2.19. The average molecular weight is 851 g/mol. The molecule has 6 aromatic rings. The van der Waals surface area contributed by atoms with Gasteiger partial charge in [-0.3, -0.25) is 13.7 Å². The van der Waals surface area contributed by atoms with E-state index in [1.807, 2.05) is 0 Å². The van der Waals surface area contributed by atoms with E-state index in [1.165, 1.54) is 73.7 Å². The van der Waals surface area contributed by atoms with E-state index in [2.05, 4.69) is 31.1 Å². The Labute approximate surface area is 327 Å². The van der Waals surface area contributed by atoms with Crippen LogP contribution in [0.3, 0.4) is 0 Å². The maximum atomic E-state index is 13.0. The molecule has 298 valence electrons. The molecule has 0 spiro atoms. The van der Waals surface area contributed by atoms with Gasteiger partial charge in [0.2, 0.25) is 0 Å². The standard InChI is InChI=1S/C35H26N6O14S3/c1-17-12-24(56(47,48)49)8-11-27(17)39-41-31-29(58(53,54)55)16-20-14-23(7-10-26(20)33(31)43)37-35(46)36-22-6-9-25-19(13-22)15-28(57(50,51)52)30(32(25)42)40-38-21-4-2-18(3-5-21)34(44)45/h2-16,42-43H,1H3,(H,44,45)(H2,36,37,46)(H,47,48,49)(H,50,51,52)(H,53,54,55). The lowest BCUT2D eigenvalue weighted by molar-refractivity contribution is 0.0696. The molecule has 0 heterocycles. The van der Waals surface area contributed by atoms with Gasteiger partial charge in [0, 0.05) is 22.1 Å². The number of aryl methyl sites for hydroxylation is 1. The van der Waals surface area contributed by atoms with Gasteiger partial charge < -0.3 is 26.0 Å². The number of urea groups is 1. The Morgan fingerprint density at radius 1 is 0.569 bits per heavy atom. The minimum Gasteiger partial charge on any atom is -0.505 e. The third-order valence-electron chi connectivity index (χ3n) is 8.28. The number of rotatable bonds is 10. The number of phenolic OH excluding ortho intramolecular Hbond substituents is 2. The summed E-state index contributed by atoms with van der Waals surface area (Å²) in [6.45, 7) is 1.43. The van der Waals surface area contributed by atoms with Crippen LogP contribution in [0.2, 0.25) is 0 Å². The smallest absolute Gasteiger partial charge is 0.335 e. The van der Waals surface area contributed by atoms with Crippen LogP contribution in [0.5, 0.6) is 11.5 Å². The zero-order valence-electron chi connectivity index (χ0n) is 29.1. The lowest BCUT2D eigenvalue weighted by atomic mass is 10.1. The highest BCUT2D eigenvalue weighted by Crippen LogP contribution is 2.44. The Morgan fingerprint density at radius 2 is 1.05 bits per heavy atom. The number of carbonyl (C=O) groups is 2. The van der Waals surface area contributed by atoms with Crippen molar-refractivity contribution in [3.05, 3.63) is 102 Å². The van der Waals surface area contributed by atoms with Gasteiger partial charge in [0.25, 0.3) is 30.4 Å². The lowest BCUT2D eigenvalue weighted by Gasteiger charge is -2.13. The molecule has 0 fully saturated rings. The fourth-order valence-electron chi connectivity index (χ4n) is 5.52. The quantitative estimate of drug-likeness (QED) is 0.0485. The fourth-order valence-corrected chi connectivity index (χ4v) is 7.40. The van der Waals surface area contributed by atoms with Crippen LogP contribution in [0.25, 0.3) is 21.5 Å². The second-order valence-corrected chi connectivity index (χ2v) is 16.4. The summed E-state index contributed by atoms with van der Waals surface area (Å²) < 4.78 is 101. The second kappa shape index (κ2) is 15.2. The molecular formula is C35H26N6O14S3. The maximum Gasteiger partial charge on any atom is 0.335 e. The third-order valence-corrected chi connectivity index (χ3v) is 10.9. The number of carboxylic acids is 1. The van der Waals surface area contributed by atoms with Crippen molar-refractivity contribution >= 4 is 98.0 Å². The minimum absolute atomic E-state index is 0.0136. The maximum absolute atomic E-state index is 13.0. The summed E-state index contributed by atoms with van der Waals surface area (Å²) in [5.41, 5.74) is -0.832. The molecule has 0 aromatic heterocycles. The summed E-state index contributed by atoms with van der Waals surface area (Å²) in [5.74, 6) is -2.60. The summed E-state index contributed by atoms with van der Waals surface area (Å²) in [5, 5.41) is 51.4. The molecule has 8 N–H and O–H groups in total. The van der Waals surface area contributed by atoms with Crippen LogP contribution in [0, 0.1) is 6.92 Å². The number of benzene rings is 6. The van der Waals surface area contributed by atoms with Crippen molar-refractivity contribution in [2.45, 2.75) is 21.6 Å². The predicted octanol–water partition coefficient (Wildman–Crippen LogP) is 7.63. The zero-order chi connectivity index (χ0) is 42.3. The van der Waals surface area contributed by atoms with Crippen LogP contribution in [-0.2, 0) is 30.4 Å². The number of anilines is 2. The number of aromatic carboxylic acids is 1. The van der Waals surface area contributed by atoms with E-state index in [9.17, 15) is 58.7 Å². The molecule has 20 nitrogen and oxygen atoms in total. The number of phenols is 2. The van der Waals surface area contributed by atoms with Gasteiger partial charge in [-0.1, -0.05) is 0 Å². The summed E-state index contributed by atoms with van der Waals surface area (Å²) in [6, 6.07) is 17.2. The van der Waals surface area contributed by atoms with Gasteiger partial charge in [0.05, 0.1) is 21.8 Å². The Hall–Kier alpha value is -6.89. The Morgan fingerprint density at radius 3 is 1.48 bits per heavy atom. The van der Waals surface area contributed by atoms with Crippen molar-refractivity contribution < 1.29 is 63.8 Å². The second-order valence-electron chi connectivity index (χ2n) is 12.2. The minimum atomic E-state index is -5.05. The van der Waals surface area contributed by atoms with Gasteiger partial charge in [0.15, 0.2) is 11.5 Å². The van der Waals surface area contributed by atoms with Crippen molar-refractivity contribution in [1.29, 1.82) is 0 Å². The number of carbonyl (C=O) groups excluding carboxylic acids is 1. The highest BCUT2D eigenvalue weighted by Gasteiger charge is 2.24. The van der Waals surface area contributed by atoms with Crippen LogP contribution >= 0.6 is 0 Å². The fraction of sp³-hybridized carbons (Fsp3) is 0.0286. The molecule has 2 amide bonds. The largest absolute Gasteiger partial charge is 0.505 e. The number of nitrogens with zero attached hydrogens (tertiary/aromatic N) is 4. The molecule has 0 saturated heterocycles. The summed E-state index contributed by atoms with van der Waals surface area (Å²) in [6.07, 6.45) is 0. The number of fused-ring (bicyclic) bond motifs is 2. The molecule has 58 heavy (non-hydrogen) atoms.